The number of benzene rings is 2. The van der Waals surface area contributed by atoms with Gasteiger partial charge in [0, 0.05) is 17.0 Å². The second-order valence-electron chi connectivity index (χ2n) is 5.08. The highest BCUT2D eigenvalue weighted by molar-refractivity contribution is 6.31. The maximum Gasteiger partial charge on any atom is 0.120 e. The number of hydrogen-bond donors (Lipinski definition) is 1. The zero-order valence-electron chi connectivity index (χ0n) is 12.8. The Hall–Kier alpha value is -1.51. The third kappa shape index (κ3) is 3.58. The SMILES string of the molecule is CCC(c1ccccc1)C(NC)c1ccc(OC)cc1Cl. The van der Waals surface area contributed by atoms with Gasteiger partial charge in [-0.3, -0.25) is 0 Å². The lowest BCUT2D eigenvalue weighted by Crippen LogP contribution is -2.24. The molecule has 0 saturated heterocycles. The molecular weight excluding hydrogens is 282 g/mol. The van der Waals surface area contributed by atoms with E-state index in [0.717, 1.165) is 22.8 Å². The molecule has 0 saturated carbocycles. The fourth-order valence-electron chi connectivity index (χ4n) is 2.82. The lowest BCUT2D eigenvalue weighted by molar-refractivity contribution is 0.413. The number of methoxy groups -OCH3 is 1. The standard InChI is InChI=1S/C18H22ClNO/c1-4-15(13-8-6-5-7-9-13)18(20-2)16-11-10-14(21-3)12-17(16)19/h5-12,15,18,20H,4H2,1-3H3. The Morgan fingerprint density at radius 2 is 1.86 bits per heavy atom. The van der Waals surface area contributed by atoms with E-state index in [1.165, 1.54) is 5.56 Å². The molecule has 2 atom stereocenters. The maximum atomic E-state index is 6.45. The van der Waals surface area contributed by atoms with Crippen LogP contribution in [0.25, 0.3) is 0 Å². The van der Waals surface area contributed by atoms with E-state index in [2.05, 4.69) is 36.5 Å². The second kappa shape index (κ2) is 7.48. The highest BCUT2D eigenvalue weighted by Gasteiger charge is 2.23. The molecular formula is C18H22ClNO. The monoisotopic (exact) mass is 303 g/mol. The Balaban J connectivity index is 2.38. The first-order valence-corrected chi connectivity index (χ1v) is 7.64. The van der Waals surface area contributed by atoms with Crippen LogP contribution in [-0.2, 0) is 0 Å². The van der Waals surface area contributed by atoms with Gasteiger partial charge in [0.05, 0.1) is 7.11 Å². The van der Waals surface area contributed by atoms with Gasteiger partial charge in [0.15, 0.2) is 0 Å². The third-order valence-corrected chi connectivity index (χ3v) is 4.25. The highest BCUT2D eigenvalue weighted by Crippen LogP contribution is 2.37. The van der Waals surface area contributed by atoms with Crippen molar-refractivity contribution >= 4 is 11.6 Å². The third-order valence-electron chi connectivity index (χ3n) is 3.92. The molecule has 0 aromatic heterocycles. The fraction of sp³-hybridized carbons (Fsp3) is 0.333. The molecule has 2 aromatic rings. The lowest BCUT2D eigenvalue weighted by Gasteiger charge is -2.28. The summed E-state index contributed by atoms with van der Waals surface area (Å²) in [6.45, 7) is 2.21. The Bertz CT molecular complexity index is 571. The average Bonchev–Trinajstić information content (AvgIpc) is 2.53. The minimum absolute atomic E-state index is 0.177. The van der Waals surface area contributed by atoms with Crippen LogP contribution in [0.4, 0.5) is 0 Å². The summed E-state index contributed by atoms with van der Waals surface area (Å²) in [6.07, 6.45) is 1.04. The van der Waals surface area contributed by atoms with Gasteiger partial charge in [0.1, 0.15) is 5.75 Å². The van der Waals surface area contributed by atoms with Gasteiger partial charge in [0.2, 0.25) is 0 Å². The number of halogens is 1. The summed E-state index contributed by atoms with van der Waals surface area (Å²) >= 11 is 6.45. The maximum absolute atomic E-state index is 6.45. The summed E-state index contributed by atoms with van der Waals surface area (Å²) in [5.41, 5.74) is 2.43. The summed E-state index contributed by atoms with van der Waals surface area (Å²) in [6, 6.07) is 16.6. The van der Waals surface area contributed by atoms with E-state index in [4.69, 9.17) is 16.3 Å². The topological polar surface area (TPSA) is 21.3 Å². The van der Waals surface area contributed by atoms with E-state index < -0.39 is 0 Å². The van der Waals surface area contributed by atoms with Crippen molar-refractivity contribution < 1.29 is 4.74 Å². The minimum Gasteiger partial charge on any atom is -0.497 e. The van der Waals surface area contributed by atoms with Gasteiger partial charge in [-0.25, -0.2) is 0 Å². The Kier molecular flexibility index (Phi) is 5.66. The molecule has 0 heterocycles. The van der Waals surface area contributed by atoms with Crippen LogP contribution in [0.5, 0.6) is 5.75 Å². The van der Waals surface area contributed by atoms with Crippen LogP contribution in [0.15, 0.2) is 48.5 Å². The number of likely N-dealkylation sites (N-methyl/N-ethyl adjacent to an activating group) is 1. The molecule has 0 amide bonds. The molecule has 2 aromatic carbocycles. The largest absolute Gasteiger partial charge is 0.497 e. The van der Waals surface area contributed by atoms with Crippen molar-refractivity contribution in [3.8, 4) is 5.75 Å². The van der Waals surface area contributed by atoms with Crippen LogP contribution in [0.1, 0.15) is 36.4 Å². The predicted molar refractivity (Wildman–Crippen MR) is 89.3 cm³/mol. The molecule has 0 aliphatic rings. The van der Waals surface area contributed by atoms with Crippen molar-refractivity contribution in [1.82, 2.24) is 5.32 Å². The second-order valence-corrected chi connectivity index (χ2v) is 5.49. The summed E-state index contributed by atoms with van der Waals surface area (Å²) in [5, 5.41) is 4.16. The Morgan fingerprint density at radius 1 is 1.14 bits per heavy atom. The minimum atomic E-state index is 0.177. The molecule has 21 heavy (non-hydrogen) atoms. The van der Waals surface area contributed by atoms with Crippen molar-refractivity contribution in [1.29, 1.82) is 0 Å². The van der Waals surface area contributed by atoms with E-state index in [-0.39, 0.29) is 6.04 Å². The van der Waals surface area contributed by atoms with Crippen molar-refractivity contribution in [2.45, 2.75) is 25.3 Å². The predicted octanol–water partition coefficient (Wildman–Crippen LogP) is 4.80. The van der Waals surface area contributed by atoms with Gasteiger partial charge in [-0.05, 0) is 36.7 Å². The average molecular weight is 304 g/mol. The normalized spacial score (nSPS) is 13.7. The van der Waals surface area contributed by atoms with Crippen LogP contribution in [0.3, 0.4) is 0 Å². The van der Waals surface area contributed by atoms with Gasteiger partial charge in [-0.2, -0.15) is 0 Å². The van der Waals surface area contributed by atoms with Crippen LogP contribution >= 0.6 is 11.6 Å². The van der Waals surface area contributed by atoms with Crippen LogP contribution in [0, 0.1) is 0 Å². The number of rotatable bonds is 6. The molecule has 2 unspecified atom stereocenters. The Labute approximate surface area is 132 Å². The van der Waals surface area contributed by atoms with Crippen LogP contribution in [-0.4, -0.2) is 14.2 Å². The fourth-order valence-corrected chi connectivity index (χ4v) is 3.11. The molecule has 0 fully saturated rings. The molecule has 0 radical (unpaired) electrons. The van der Waals surface area contributed by atoms with Gasteiger partial charge in [-0.1, -0.05) is 54.9 Å². The zero-order valence-corrected chi connectivity index (χ0v) is 13.5. The van der Waals surface area contributed by atoms with Gasteiger partial charge >= 0.3 is 0 Å². The lowest BCUT2D eigenvalue weighted by atomic mass is 9.85. The van der Waals surface area contributed by atoms with E-state index in [9.17, 15) is 0 Å². The van der Waals surface area contributed by atoms with Crippen molar-refractivity contribution in [2.24, 2.45) is 0 Å². The van der Waals surface area contributed by atoms with Crippen LogP contribution in [0.2, 0.25) is 5.02 Å². The molecule has 112 valence electrons. The zero-order chi connectivity index (χ0) is 15.2. The quantitative estimate of drug-likeness (QED) is 0.827. The Morgan fingerprint density at radius 3 is 2.38 bits per heavy atom. The van der Waals surface area contributed by atoms with E-state index in [1.807, 2.05) is 31.3 Å². The van der Waals surface area contributed by atoms with Crippen molar-refractivity contribution in [3.63, 3.8) is 0 Å². The van der Waals surface area contributed by atoms with Crippen molar-refractivity contribution in [2.75, 3.05) is 14.2 Å². The molecule has 2 nitrogen and oxygen atoms in total. The molecule has 0 aliphatic heterocycles. The van der Waals surface area contributed by atoms with Gasteiger partial charge < -0.3 is 10.1 Å². The summed E-state index contributed by atoms with van der Waals surface area (Å²) < 4.78 is 5.23. The highest BCUT2D eigenvalue weighted by atomic mass is 35.5. The molecule has 0 bridgehead atoms. The first-order valence-electron chi connectivity index (χ1n) is 7.26. The molecule has 1 N–H and O–H groups in total. The number of nitrogens with one attached hydrogen (secondary N) is 1. The van der Waals surface area contributed by atoms with E-state index in [0.29, 0.717) is 5.92 Å². The van der Waals surface area contributed by atoms with E-state index in [1.54, 1.807) is 7.11 Å². The van der Waals surface area contributed by atoms with Gasteiger partial charge in [0.25, 0.3) is 0 Å². The smallest absolute Gasteiger partial charge is 0.120 e. The van der Waals surface area contributed by atoms with Crippen LogP contribution < -0.4 is 10.1 Å². The summed E-state index contributed by atoms with van der Waals surface area (Å²) in [7, 11) is 3.64. The molecule has 2 rings (SSSR count). The summed E-state index contributed by atoms with van der Waals surface area (Å²) in [4.78, 5) is 0. The molecule has 3 heteroatoms. The first-order chi connectivity index (χ1) is 10.2. The number of hydrogen-bond acceptors (Lipinski definition) is 2. The first kappa shape index (κ1) is 15.9. The van der Waals surface area contributed by atoms with Gasteiger partial charge in [-0.15, -0.1) is 0 Å². The molecule has 0 spiro atoms. The summed E-state index contributed by atoms with van der Waals surface area (Å²) in [5.74, 6) is 1.16. The van der Waals surface area contributed by atoms with E-state index >= 15 is 0 Å². The molecule has 0 aliphatic carbocycles. The number of ether oxygens (including phenoxy) is 1. The van der Waals surface area contributed by atoms with Crippen molar-refractivity contribution in [3.05, 3.63) is 64.7 Å².